The minimum Gasteiger partial charge on any atom is -0.493 e. The Hall–Kier alpha value is -2.66. The summed E-state index contributed by atoms with van der Waals surface area (Å²) >= 11 is 0. The number of allylic oxidation sites excluding steroid dienone is 2. The molecule has 0 radical (unpaired) electrons. The number of aryl methyl sites for hydroxylation is 1. The molecule has 1 aliphatic heterocycles. The third-order valence-corrected chi connectivity index (χ3v) is 5.03. The molecule has 0 saturated heterocycles. The first-order valence-corrected chi connectivity index (χ1v) is 9.04. The summed E-state index contributed by atoms with van der Waals surface area (Å²) in [5, 5.41) is 15.1. The van der Waals surface area contributed by atoms with Gasteiger partial charge in [0.2, 0.25) is 5.88 Å². The number of nitrogens with zero attached hydrogens (tertiary/aromatic N) is 3. The molecule has 2 aliphatic rings. The monoisotopic (exact) mass is 348 g/mol. The SMILES string of the molecule is Cc1ccc(NCCCN(C)C)c2c1CC=C1N=c3cc(O)ncc3=C12. The topological polar surface area (TPSA) is 60.8 Å². The lowest BCUT2D eigenvalue weighted by Gasteiger charge is -2.23. The smallest absolute Gasteiger partial charge is 0.212 e. The average Bonchev–Trinajstić information content (AvgIpc) is 2.97. The van der Waals surface area contributed by atoms with Gasteiger partial charge in [-0.25, -0.2) is 9.98 Å². The van der Waals surface area contributed by atoms with E-state index in [4.69, 9.17) is 4.99 Å². The van der Waals surface area contributed by atoms with Gasteiger partial charge in [0.25, 0.3) is 0 Å². The van der Waals surface area contributed by atoms with Crippen LogP contribution in [0.2, 0.25) is 0 Å². The van der Waals surface area contributed by atoms with Crippen LogP contribution in [-0.4, -0.2) is 42.2 Å². The van der Waals surface area contributed by atoms with E-state index in [0.717, 1.165) is 53.5 Å². The highest BCUT2D eigenvalue weighted by atomic mass is 16.3. The second-order valence-electron chi connectivity index (χ2n) is 7.21. The molecule has 0 unspecified atom stereocenters. The van der Waals surface area contributed by atoms with Crippen LogP contribution in [0.1, 0.15) is 23.1 Å². The lowest BCUT2D eigenvalue weighted by atomic mass is 9.86. The average molecular weight is 348 g/mol. The number of anilines is 1. The van der Waals surface area contributed by atoms with Gasteiger partial charge in [-0.3, -0.25) is 0 Å². The Morgan fingerprint density at radius 2 is 2.12 bits per heavy atom. The number of aromatic nitrogens is 1. The van der Waals surface area contributed by atoms with Crippen LogP contribution >= 0.6 is 0 Å². The van der Waals surface area contributed by atoms with E-state index in [9.17, 15) is 5.11 Å². The largest absolute Gasteiger partial charge is 0.493 e. The number of fused-ring (bicyclic) bond motifs is 4. The quantitative estimate of drug-likeness (QED) is 0.808. The lowest BCUT2D eigenvalue weighted by Crippen LogP contribution is -2.24. The predicted octanol–water partition coefficient (Wildman–Crippen LogP) is 1.73. The van der Waals surface area contributed by atoms with Crippen LogP contribution in [0.5, 0.6) is 5.88 Å². The van der Waals surface area contributed by atoms with Crippen LogP contribution in [0.3, 0.4) is 0 Å². The van der Waals surface area contributed by atoms with Gasteiger partial charge in [-0.05, 0) is 57.6 Å². The fourth-order valence-corrected chi connectivity index (χ4v) is 3.72. The first kappa shape index (κ1) is 16.8. The fourth-order valence-electron chi connectivity index (χ4n) is 3.72. The number of nitrogens with one attached hydrogen (secondary N) is 1. The lowest BCUT2D eigenvalue weighted by molar-refractivity contribution is 0.405. The van der Waals surface area contributed by atoms with Crippen molar-refractivity contribution >= 4 is 11.3 Å². The van der Waals surface area contributed by atoms with Crippen molar-refractivity contribution in [3.63, 3.8) is 0 Å². The van der Waals surface area contributed by atoms with Gasteiger partial charge in [0.1, 0.15) is 0 Å². The van der Waals surface area contributed by atoms with Gasteiger partial charge >= 0.3 is 0 Å². The van der Waals surface area contributed by atoms with E-state index >= 15 is 0 Å². The Kier molecular flexibility index (Phi) is 4.24. The van der Waals surface area contributed by atoms with Crippen LogP contribution < -0.4 is 15.9 Å². The number of aromatic hydroxyl groups is 1. The molecule has 5 heteroatoms. The molecule has 2 N–H and O–H groups in total. The van der Waals surface area contributed by atoms with Crippen LogP contribution in [-0.2, 0) is 6.42 Å². The number of hydrogen-bond donors (Lipinski definition) is 2. The Labute approximate surface area is 153 Å². The molecule has 26 heavy (non-hydrogen) atoms. The molecule has 5 nitrogen and oxygen atoms in total. The van der Waals surface area contributed by atoms with E-state index in [0.29, 0.717) is 0 Å². The standard InChI is InChI=1S/C21H24N4O/c1-13-5-7-16(22-9-4-10-25(2)3)20-14(13)6-8-17-21(20)15-12-23-19(26)11-18(15)24-17/h5,7-8,11-12,22,26H,4,6,9-10H2,1-3H3. The van der Waals surface area contributed by atoms with Crippen LogP contribution in [0.15, 0.2) is 41.2 Å². The first-order valence-electron chi connectivity index (χ1n) is 9.04. The first-order chi connectivity index (χ1) is 12.5. The van der Waals surface area contributed by atoms with Crippen molar-refractivity contribution in [3.8, 4) is 5.88 Å². The molecular formula is C21H24N4O. The van der Waals surface area contributed by atoms with Crippen LogP contribution in [0.4, 0.5) is 5.69 Å². The highest BCUT2D eigenvalue weighted by Gasteiger charge is 2.25. The zero-order chi connectivity index (χ0) is 18.3. The van der Waals surface area contributed by atoms with Crippen molar-refractivity contribution < 1.29 is 5.11 Å². The van der Waals surface area contributed by atoms with E-state index in [2.05, 4.69) is 54.4 Å². The summed E-state index contributed by atoms with van der Waals surface area (Å²) in [7, 11) is 4.19. The normalized spacial score (nSPS) is 14.5. The summed E-state index contributed by atoms with van der Waals surface area (Å²) in [6.45, 7) is 4.15. The van der Waals surface area contributed by atoms with Gasteiger partial charge in [-0.2, -0.15) is 0 Å². The molecule has 1 aromatic heterocycles. The maximum absolute atomic E-state index is 9.70. The molecule has 2 heterocycles. The molecule has 0 spiro atoms. The molecule has 4 rings (SSSR count). The molecule has 134 valence electrons. The van der Waals surface area contributed by atoms with Crippen molar-refractivity contribution in [3.05, 3.63) is 63.4 Å². The van der Waals surface area contributed by atoms with Crippen LogP contribution in [0.25, 0.3) is 5.57 Å². The maximum atomic E-state index is 9.70. The van der Waals surface area contributed by atoms with E-state index in [1.54, 1.807) is 12.3 Å². The number of rotatable bonds is 5. The van der Waals surface area contributed by atoms with Gasteiger partial charge in [0.05, 0.1) is 11.1 Å². The fraction of sp³-hybridized carbons (Fsp3) is 0.333. The van der Waals surface area contributed by atoms with Gasteiger partial charge in [-0.15, -0.1) is 0 Å². The molecule has 0 saturated carbocycles. The molecule has 0 atom stereocenters. The Balaban J connectivity index is 1.80. The summed E-state index contributed by atoms with van der Waals surface area (Å²) in [6, 6.07) is 6.00. The number of hydrogen-bond acceptors (Lipinski definition) is 5. The summed E-state index contributed by atoms with van der Waals surface area (Å²) in [4.78, 5) is 11.0. The summed E-state index contributed by atoms with van der Waals surface area (Å²) in [5.74, 6) is 0.0128. The second kappa shape index (κ2) is 6.57. The van der Waals surface area contributed by atoms with Gasteiger partial charge < -0.3 is 15.3 Å². The second-order valence-corrected chi connectivity index (χ2v) is 7.21. The molecular weight excluding hydrogens is 324 g/mol. The van der Waals surface area contributed by atoms with Gasteiger partial charge in [0, 0.05) is 40.9 Å². The van der Waals surface area contributed by atoms with Crippen molar-refractivity contribution in [2.24, 2.45) is 4.99 Å². The number of pyridine rings is 1. The zero-order valence-electron chi connectivity index (χ0n) is 15.5. The molecule has 0 bridgehead atoms. The Bertz CT molecular complexity index is 1020. The van der Waals surface area contributed by atoms with Crippen LogP contribution in [0, 0.1) is 6.92 Å². The van der Waals surface area contributed by atoms with Crippen molar-refractivity contribution in [1.29, 1.82) is 0 Å². The van der Waals surface area contributed by atoms with E-state index in [1.807, 2.05) is 0 Å². The summed E-state index contributed by atoms with van der Waals surface area (Å²) < 4.78 is 0. The molecule has 0 fully saturated rings. The van der Waals surface area contributed by atoms with E-state index in [1.165, 1.54) is 16.7 Å². The minimum absolute atomic E-state index is 0.0128. The summed E-state index contributed by atoms with van der Waals surface area (Å²) in [5.41, 5.74) is 7.15. The third kappa shape index (κ3) is 2.88. The number of benzene rings is 1. The Morgan fingerprint density at radius 1 is 1.27 bits per heavy atom. The zero-order valence-corrected chi connectivity index (χ0v) is 15.5. The van der Waals surface area contributed by atoms with Crippen molar-refractivity contribution in [1.82, 2.24) is 9.88 Å². The highest BCUT2D eigenvalue weighted by Crippen LogP contribution is 2.38. The third-order valence-electron chi connectivity index (χ3n) is 5.03. The van der Waals surface area contributed by atoms with E-state index < -0.39 is 0 Å². The predicted molar refractivity (Wildman–Crippen MR) is 104 cm³/mol. The molecule has 2 aromatic rings. The Morgan fingerprint density at radius 3 is 2.92 bits per heavy atom. The highest BCUT2D eigenvalue weighted by molar-refractivity contribution is 5.90. The van der Waals surface area contributed by atoms with Gasteiger partial charge in [-0.1, -0.05) is 12.1 Å². The van der Waals surface area contributed by atoms with E-state index in [-0.39, 0.29) is 5.88 Å². The maximum Gasteiger partial charge on any atom is 0.212 e. The summed E-state index contributed by atoms with van der Waals surface area (Å²) in [6.07, 6.45) is 5.88. The minimum atomic E-state index is 0.0128. The molecule has 0 amide bonds. The van der Waals surface area contributed by atoms with Crippen molar-refractivity contribution in [2.75, 3.05) is 32.5 Å². The molecule has 1 aromatic carbocycles. The van der Waals surface area contributed by atoms with Crippen molar-refractivity contribution in [2.45, 2.75) is 19.8 Å². The van der Waals surface area contributed by atoms with Gasteiger partial charge in [0.15, 0.2) is 0 Å². The molecule has 1 aliphatic carbocycles.